The van der Waals surface area contributed by atoms with Gasteiger partial charge in [0.15, 0.2) is 6.61 Å². The van der Waals surface area contributed by atoms with Gasteiger partial charge in [-0.2, -0.15) is 0 Å². The number of carbonyl (C=O) groups is 8. The van der Waals surface area contributed by atoms with Crippen molar-refractivity contribution < 1.29 is 75.9 Å². The number of ether oxygens (including phenoxy) is 7. The highest BCUT2D eigenvalue weighted by Gasteiger charge is 2.40. The zero-order valence-electron chi connectivity index (χ0n) is 67.8. The van der Waals surface area contributed by atoms with E-state index in [2.05, 4.69) is 65.4 Å². The lowest BCUT2D eigenvalue weighted by atomic mass is 9.92. The maximum Gasteiger partial charge on any atom is 0.308 e. The van der Waals surface area contributed by atoms with Gasteiger partial charge in [-0.1, -0.05) is 102 Å². The third-order valence-corrected chi connectivity index (χ3v) is 17.9. The molecule has 0 spiro atoms. The van der Waals surface area contributed by atoms with Crippen molar-refractivity contribution >= 4 is 47.3 Å². The molecule has 0 aliphatic heterocycles. The monoisotopic (exact) mass is 1550 g/mol. The number of amides is 7. The molecule has 0 saturated carbocycles. The molecule has 0 fully saturated rings. The van der Waals surface area contributed by atoms with Crippen molar-refractivity contribution in [1.82, 2.24) is 37.2 Å². The molecule has 0 bridgehead atoms. The summed E-state index contributed by atoms with van der Waals surface area (Å²) in [6.45, 7) is 24.1. The molecule has 0 heterocycles. The van der Waals surface area contributed by atoms with Crippen LogP contribution in [-0.2, 0) is 78.3 Å². The molecule has 27 heteroatoms. The Morgan fingerprint density at radius 1 is 0.607 bits per heavy atom. The number of unbranched alkanes of at least 4 members (excludes halogenated alkanes) is 1. The fourth-order valence-electron chi connectivity index (χ4n) is 12.4. The Bertz CT molecular complexity index is 4200. The van der Waals surface area contributed by atoms with Crippen molar-refractivity contribution in [2.45, 2.75) is 219 Å². The van der Waals surface area contributed by atoms with Crippen LogP contribution in [0.3, 0.4) is 0 Å². The van der Waals surface area contributed by atoms with E-state index in [0.717, 1.165) is 33.4 Å². The molecular weight excluding hydrogens is 1430 g/mol. The Morgan fingerprint density at radius 2 is 1.22 bits per heavy atom. The van der Waals surface area contributed by atoms with Gasteiger partial charge in [0.05, 0.1) is 62.7 Å². The van der Waals surface area contributed by atoms with Gasteiger partial charge in [0.25, 0.3) is 5.91 Å². The summed E-state index contributed by atoms with van der Waals surface area (Å²) < 4.78 is 56.4. The highest BCUT2D eigenvalue weighted by molar-refractivity contribution is 5.98. The number of nitrogens with one attached hydrogen (secondary N) is 7. The molecule has 0 aromatic heterocycles. The van der Waals surface area contributed by atoms with E-state index in [1.807, 2.05) is 51.1 Å². The largest absolute Gasteiger partial charge is 0.497 e. The van der Waals surface area contributed by atoms with E-state index in [0.29, 0.717) is 84.9 Å². The Balaban J connectivity index is 1.45. The fraction of sp³-hybridized carbons (Fsp3) is 0.482. The van der Waals surface area contributed by atoms with E-state index in [1.54, 1.807) is 123 Å². The van der Waals surface area contributed by atoms with Gasteiger partial charge in [-0.25, -0.2) is 4.39 Å². The molecule has 0 aliphatic carbocycles. The molecule has 7 amide bonds. The summed E-state index contributed by atoms with van der Waals surface area (Å²) in [7, 11) is 4.48. The molecular formula is C85H114FN11O15. The van der Waals surface area contributed by atoms with Gasteiger partial charge in [-0.05, 0) is 215 Å². The Morgan fingerprint density at radius 3 is 1.84 bits per heavy atom. The van der Waals surface area contributed by atoms with Crippen LogP contribution in [0.15, 0.2) is 133 Å². The first-order chi connectivity index (χ1) is 52.8. The van der Waals surface area contributed by atoms with Crippen LogP contribution in [0.25, 0.3) is 21.6 Å². The first kappa shape index (κ1) is 90.3. The van der Waals surface area contributed by atoms with Gasteiger partial charge in [-0.3, -0.25) is 38.4 Å². The van der Waals surface area contributed by atoms with Crippen LogP contribution in [0.5, 0.6) is 23.0 Å². The van der Waals surface area contributed by atoms with Crippen LogP contribution in [0.1, 0.15) is 166 Å². The summed E-state index contributed by atoms with van der Waals surface area (Å²) in [5.41, 5.74) is 18.1. The second kappa shape index (κ2) is 42.2. The van der Waals surface area contributed by atoms with Crippen LogP contribution >= 0.6 is 0 Å². The number of nitrogens with zero attached hydrogens (tertiary/aromatic N) is 3. The van der Waals surface area contributed by atoms with E-state index in [9.17, 15) is 19.2 Å². The summed E-state index contributed by atoms with van der Waals surface area (Å²) in [5.74, 6) is -5.41. The summed E-state index contributed by atoms with van der Waals surface area (Å²) in [4.78, 5) is 121. The Hall–Kier alpha value is -10.6. The molecule has 0 radical (unpaired) electrons. The molecule has 0 saturated heterocycles. The average molecular weight is 1550 g/mol. The van der Waals surface area contributed by atoms with Crippen molar-refractivity contribution in [3.05, 3.63) is 188 Å². The zero-order valence-corrected chi connectivity index (χ0v) is 67.8. The molecule has 26 nitrogen and oxygen atoms in total. The number of nitrogens with two attached hydrogens (primary N) is 1. The molecule has 0 aliphatic rings. The summed E-state index contributed by atoms with van der Waals surface area (Å²) in [6, 6.07) is 28.0. The number of aryl methyl sites for hydroxylation is 4. The van der Waals surface area contributed by atoms with Crippen LogP contribution < -0.4 is 61.9 Å². The molecule has 6 rings (SSSR count). The number of hydrogen-bond acceptors (Lipinski definition) is 17. The molecule has 6 aromatic rings. The third-order valence-electron chi connectivity index (χ3n) is 17.9. The highest BCUT2D eigenvalue weighted by atomic mass is 19.1. The number of carbonyl (C=O) groups excluding carboxylic acids is 8. The standard InChI is InChI=1S/C85H114FN11O15/c1-18-57-46-63(108-41-22-21-40-90-97-88)37-38-64(57)58-30-28-55(29-31-58)45-68(77(101)91-67(27-23-24-56-43-52(2)42-53(3)44-56)76(100)95-75(65-39-36-62(106-16)47-71(65)107-17)59-32-34-61(35-33-59)109-51-72(98)89-15)92-78(102)69(48-73(99)112-84(11,12)13)93-79(103)70(50-110-82(5,6)7)94-80(104)74(54(4)111-83(8,9)10)96-81(105)85(14,87)49-60-25-19-20-26-66(60)86/h19-20,25-26,28-39,42-44,46-47,54,67-70,74-75H,18,21-24,27,40-41,45,48-51,87H2,1-17H3,(H,89,98)(H,91,101)(H,92,102)(H,93,103)(H,94,104)(H,95,100)(H,96,105)/t54-,67+,68+,69+,70+,74+,75?,85+/m1/s1. The first-order valence-electron chi connectivity index (χ1n) is 37.8. The minimum absolute atomic E-state index is 0.0611. The maximum absolute atomic E-state index is 15.8. The van der Waals surface area contributed by atoms with Crippen molar-refractivity contribution in [3.8, 4) is 34.1 Å². The predicted octanol–water partition coefficient (Wildman–Crippen LogP) is 10.9. The maximum atomic E-state index is 15.8. The van der Waals surface area contributed by atoms with Gasteiger partial charge in [0.1, 0.15) is 64.6 Å². The second-order valence-corrected chi connectivity index (χ2v) is 31.1. The van der Waals surface area contributed by atoms with Crippen molar-refractivity contribution in [2.75, 3.05) is 47.6 Å². The average Bonchev–Trinajstić information content (AvgIpc) is 0.812. The molecule has 9 N–H and O–H groups in total. The number of hydrogen-bond donors (Lipinski definition) is 8. The lowest BCUT2D eigenvalue weighted by molar-refractivity contribution is -0.157. The lowest BCUT2D eigenvalue weighted by Gasteiger charge is -2.34. The van der Waals surface area contributed by atoms with Crippen LogP contribution in [0.4, 0.5) is 4.39 Å². The summed E-state index contributed by atoms with van der Waals surface area (Å²) in [6.07, 6.45) is 0.514. The zero-order chi connectivity index (χ0) is 82.7. The fourth-order valence-corrected chi connectivity index (χ4v) is 12.4. The van der Waals surface area contributed by atoms with Crippen LogP contribution in [0.2, 0.25) is 0 Å². The van der Waals surface area contributed by atoms with E-state index in [1.165, 1.54) is 53.3 Å². The van der Waals surface area contributed by atoms with Gasteiger partial charge >= 0.3 is 5.97 Å². The molecule has 6 aromatic carbocycles. The number of methoxy groups -OCH3 is 2. The number of esters is 1. The quantitative estimate of drug-likeness (QED) is 0.00581. The van der Waals surface area contributed by atoms with Crippen molar-refractivity contribution in [2.24, 2.45) is 10.8 Å². The number of benzene rings is 6. The molecule has 606 valence electrons. The van der Waals surface area contributed by atoms with Gasteiger partial charge in [0.2, 0.25) is 35.4 Å². The number of azide groups is 1. The number of likely N-dealkylation sites (N-methyl/N-ethyl adjacent to an activating group) is 1. The van der Waals surface area contributed by atoms with Crippen LogP contribution in [-0.4, -0.2) is 154 Å². The predicted molar refractivity (Wildman–Crippen MR) is 427 cm³/mol. The summed E-state index contributed by atoms with van der Waals surface area (Å²) in [5, 5.41) is 23.2. The van der Waals surface area contributed by atoms with Gasteiger partial charge < -0.3 is 76.1 Å². The lowest BCUT2D eigenvalue weighted by Crippen LogP contribution is -2.64. The smallest absolute Gasteiger partial charge is 0.308 e. The first-order valence-corrected chi connectivity index (χ1v) is 37.8. The van der Waals surface area contributed by atoms with Crippen molar-refractivity contribution in [1.29, 1.82) is 0 Å². The number of halogens is 1. The van der Waals surface area contributed by atoms with E-state index in [-0.39, 0.29) is 37.3 Å². The second-order valence-electron chi connectivity index (χ2n) is 31.1. The van der Waals surface area contributed by atoms with E-state index < -0.39 is 125 Å². The molecule has 8 atom stereocenters. The Labute approximate surface area is 657 Å². The van der Waals surface area contributed by atoms with Crippen molar-refractivity contribution in [3.63, 3.8) is 0 Å². The van der Waals surface area contributed by atoms with Gasteiger partial charge in [-0.15, -0.1) is 0 Å². The van der Waals surface area contributed by atoms with E-state index >= 15 is 23.6 Å². The molecule has 1 unspecified atom stereocenters. The number of rotatable bonds is 41. The summed E-state index contributed by atoms with van der Waals surface area (Å²) >= 11 is 0. The highest BCUT2D eigenvalue weighted by Crippen LogP contribution is 2.35. The SMILES string of the molecule is CCc1cc(OCCCCN=[N+]=[N-])ccc1-c1ccc(C[C@H](NC(=O)[C@H](CC(=O)OC(C)(C)C)NC(=O)[C@H](COC(C)(C)C)NC(=O)[C@@H](NC(=O)[C@@](C)(N)Cc2ccccc2F)[C@@H](C)OC(C)(C)C)C(=O)N[C@@H](CCCc2cc(C)cc(C)c2)C(=O)NC(c2ccc(OCC(=O)NC)cc2)c2ccc(OC)cc2OC)cc1. The van der Waals surface area contributed by atoms with Gasteiger partial charge in [0, 0.05) is 43.0 Å². The molecule has 112 heavy (non-hydrogen) atoms. The minimum Gasteiger partial charge on any atom is -0.497 e. The van der Waals surface area contributed by atoms with E-state index in [4.69, 9.17) is 44.4 Å². The Kier molecular flexibility index (Phi) is 34.0. The topological polar surface area (TPSA) is 360 Å². The van der Waals surface area contributed by atoms with Crippen LogP contribution in [0, 0.1) is 19.7 Å². The normalized spacial score (nSPS) is 14.0. The minimum atomic E-state index is -1.85. The third kappa shape index (κ3) is 29.6.